The van der Waals surface area contributed by atoms with Gasteiger partial charge in [-0.05, 0) is 143 Å². The molecular weight excluding hydrogens is 709 g/mol. The highest BCUT2D eigenvalue weighted by molar-refractivity contribution is 6.14. The number of hydrogen-bond donors (Lipinski definition) is 0. The number of aliphatic imine (C=N–C) groups is 1. The highest BCUT2D eigenvalue weighted by atomic mass is 16.5. The van der Waals surface area contributed by atoms with Crippen molar-refractivity contribution in [3.63, 3.8) is 0 Å². The first-order valence-corrected chi connectivity index (χ1v) is 20.3. The van der Waals surface area contributed by atoms with Gasteiger partial charge in [0.25, 0.3) is 0 Å². The second kappa shape index (κ2) is 14.2. The largest absolute Gasteiger partial charge is 0.457 e. The van der Waals surface area contributed by atoms with E-state index in [1.54, 1.807) is 0 Å². The van der Waals surface area contributed by atoms with E-state index >= 15 is 0 Å². The molecule has 5 nitrogen and oxygen atoms in total. The van der Waals surface area contributed by atoms with Gasteiger partial charge < -0.3 is 9.64 Å². The smallest absolute Gasteiger partial charge is 0.145 e. The molecule has 0 unspecified atom stereocenters. The van der Waals surface area contributed by atoms with Gasteiger partial charge in [0.15, 0.2) is 0 Å². The van der Waals surface area contributed by atoms with E-state index in [4.69, 9.17) is 14.7 Å². The van der Waals surface area contributed by atoms with Crippen LogP contribution in [0.5, 0.6) is 11.5 Å². The zero-order valence-corrected chi connectivity index (χ0v) is 34.7. The molecule has 2 aromatic heterocycles. The first kappa shape index (κ1) is 37.1. The van der Waals surface area contributed by atoms with E-state index in [1.807, 2.05) is 12.3 Å². The SMILES string of the molecule is Cc1cc(Oc2cc(C)cc(-n3c4ccc(C)cc4c4cccnc43)c2)cc(C2=N[C@](C)(C(c3ccccc3)c3ccccc3)C(C)(C)N2c2c(C)cccc2C)c1. The summed E-state index contributed by atoms with van der Waals surface area (Å²) >= 11 is 0. The molecule has 0 amide bonds. The molecule has 9 rings (SSSR count). The maximum atomic E-state index is 6.89. The van der Waals surface area contributed by atoms with Crippen LogP contribution in [0.25, 0.3) is 27.6 Å². The minimum absolute atomic E-state index is 0.0141. The van der Waals surface area contributed by atoms with Gasteiger partial charge in [-0.1, -0.05) is 90.5 Å². The second-order valence-corrected chi connectivity index (χ2v) is 16.8. The number of anilines is 1. The zero-order chi connectivity index (χ0) is 40.3. The Morgan fingerprint density at radius 3 is 1.88 bits per heavy atom. The predicted molar refractivity (Wildman–Crippen MR) is 241 cm³/mol. The van der Waals surface area contributed by atoms with Crippen LogP contribution in [0.2, 0.25) is 0 Å². The molecule has 3 heterocycles. The first-order chi connectivity index (χ1) is 27.9. The van der Waals surface area contributed by atoms with Gasteiger partial charge in [-0.25, -0.2) is 4.98 Å². The quantitative estimate of drug-likeness (QED) is 0.155. The van der Waals surface area contributed by atoms with E-state index in [0.29, 0.717) is 0 Å². The van der Waals surface area contributed by atoms with Crippen LogP contribution in [-0.2, 0) is 0 Å². The van der Waals surface area contributed by atoms with Crippen molar-refractivity contribution in [1.82, 2.24) is 9.55 Å². The van der Waals surface area contributed by atoms with Gasteiger partial charge in [0.1, 0.15) is 23.0 Å². The molecule has 5 heteroatoms. The lowest BCUT2D eigenvalue weighted by Crippen LogP contribution is -2.57. The van der Waals surface area contributed by atoms with Crippen LogP contribution in [0.4, 0.5) is 5.69 Å². The van der Waals surface area contributed by atoms with E-state index in [0.717, 1.165) is 56.3 Å². The van der Waals surface area contributed by atoms with E-state index < -0.39 is 11.1 Å². The third-order valence-corrected chi connectivity index (χ3v) is 12.4. The molecule has 0 spiro atoms. The molecule has 0 aliphatic carbocycles. The number of aromatic nitrogens is 2. The molecule has 0 N–H and O–H groups in total. The number of para-hydroxylation sites is 1. The van der Waals surface area contributed by atoms with Gasteiger partial charge in [0, 0.05) is 40.2 Å². The summed E-state index contributed by atoms with van der Waals surface area (Å²) in [6, 6.07) is 52.1. The Bertz CT molecular complexity index is 2810. The monoisotopic (exact) mass is 758 g/mol. The normalized spacial score (nSPS) is 16.4. The van der Waals surface area contributed by atoms with E-state index in [-0.39, 0.29) is 5.92 Å². The summed E-state index contributed by atoms with van der Waals surface area (Å²) in [5.41, 5.74) is 12.6. The van der Waals surface area contributed by atoms with Crippen LogP contribution < -0.4 is 9.64 Å². The molecule has 1 atom stereocenters. The Balaban J connectivity index is 1.19. The van der Waals surface area contributed by atoms with Crippen LogP contribution in [0, 0.1) is 34.6 Å². The van der Waals surface area contributed by atoms with Crippen LogP contribution >= 0.6 is 0 Å². The van der Waals surface area contributed by atoms with Gasteiger partial charge in [-0.15, -0.1) is 0 Å². The third kappa shape index (κ3) is 6.17. The summed E-state index contributed by atoms with van der Waals surface area (Å²) < 4.78 is 9.14. The molecule has 288 valence electrons. The fourth-order valence-electron chi connectivity index (χ4n) is 9.40. The second-order valence-electron chi connectivity index (χ2n) is 16.8. The molecule has 1 aliphatic rings. The van der Waals surface area contributed by atoms with Gasteiger partial charge in [0.05, 0.1) is 22.3 Å². The molecule has 0 bridgehead atoms. The van der Waals surface area contributed by atoms with Crippen molar-refractivity contribution >= 4 is 33.5 Å². The van der Waals surface area contributed by atoms with Crippen LogP contribution in [0.3, 0.4) is 0 Å². The molecular formula is C53H50N4O. The molecule has 0 saturated carbocycles. The summed E-state index contributed by atoms with van der Waals surface area (Å²) in [6.45, 7) is 17.9. The fraction of sp³-hybridized carbons (Fsp3) is 0.208. The van der Waals surface area contributed by atoms with Crippen LogP contribution in [0.1, 0.15) is 71.2 Å². The molecule has 0 saturated heterocycles. The van der Waals surface area contributed by atoms with Crippen molar-refractivity contribution in [3.05, 3.63) is 196 Å². The molecule has 6 aromatic carbocycles. The van der Waals surface area contributed by atoms with Gasteiger partial charge in [0.2, 0.25) is 0 Å². The van der Waals surface area contributed by atoms with Gasteiger partial charge in [-0.3, -0.25) is 9.56 Å². The average Bonchev–Trinajstić information content (AvgIpc) is 3.63. The number of amidine groups is 1. The van der Waals surface area contributed by atoms with E-state index in [2.05, 4.69) is 204 Å². The highest BCUT2D eigenvalue weighted by Gasteiger charge is 2.57. The number of ether oxygens (including phenoxy) is 1. The van der Waals surface area contributed by atoms with Crippen molar-refractivity contribution < 1.29 is 4.74 Å². The maximum absolute atomic E-state index is 6.89. The molecule has 1 aliphatic heterocycles. The van der Waals surface area contributed by atoms with Crippen molar-refractivity contribution in [2.45, 2.75) is 72.4 Å². The summed E-state index contributed by atoms with van der Waals surface area (Å²) in [7, 11) is 0. The van der Waals surface area contributed by atoms with Crippen LogP contribution in [0.15, 0.2) is 157 Å². The minimum Gasteiger partial charge on any atom is -0.457 e. The number of hydrogen-bond acceptors (Lipinski definition) is 4. The number of fused-ring (bicyclic) bond motifs is 3. The lowest BCUT2D eigenvalue weighted by molar-refractivity contribution is 0.279. The standard InChI is InChI=1S/C53H50N4O/c1-34-24-25-47-46(31-34)45-23-16-26-54-51(45)56(47)42-28-36(3)30-44(33-42)58-43-29-35(2)27-41(32-43)50-55-53(8,52(6,7)57(50)49-37(4)17-15-18-38(49)5)48(39-19-11-9-12-20-39)40-21-13-10-14-22-40/h9-33,48H,1-8H3/t53-/m1/s1. The van der Waals surface area contributed by atoms with Crippen molar-refractivity contribution in [2.75, 3.05) is 4.90 Å². The van der Waals surface area contributed by atoms with Crippen molar-refractivity contribution in [2.24, 2.45) is 4.99 Å². The molecule has 58 heavy (non-hydrogen) atoms. The van der Waals surface area contributed by atoms with Crippen LogP contribution in [-0.4, -0.2) is 26.5 Å². The minimum atomic E-state index is -0.579. The summed E-state index contributed by atoms with van der Waals surface area (Å²) in [5, 5.41) is 2.33. The Morgan fingerprint density at radius 2 is 1.21 bits per heavy atom. The number of rotatable bonds is 8. The summed E-state index contributed by atoms with van der Waals surface area (Å²) in [4.78, 5) is 13.3. The first-order valence-electron chi connectivity index (χ1n) is 20.3. The molecule has 0 radical (unpaired) electrons. The van der Waals surface area contributed by atoms with Gasteiger partial charge >= 0.3 is 0 Å². The molecule has 8 aromatic rings. The fourth-order valence-corrected chi connectivity index (χ4v) is 9.40. The Kier molecular flexibility index (Phi) is 9.08. The molecule has 0 fully saturated rings. The third-order valence-electron chi connectivity index (χ3n) is 12.4. The average molecular weight is 759 g/mol. The topological polar surface area (TPSA) is 42.6 Å². The summed E-state index contributed by atoms with van der Waals surface area (Å²) in [6.07, 6.45) is 1.87. The lowest BCUT2D eigenvalue weighted by Gasteiger charge is -2.48. The summed E-state index contributed by atoms with van der Waals surface area (Å²) in [5.74, 6) is 2.45. The number of benzene rings is 6. The number of pyridine rings is 1. The highest BCUT2D eigenvalue weighted by Crippen LogP contribution is 2.53. The van der Waals surface area contributed by atoms with E-state index in [1.165, 1.54) is 38.9 Å². The Labute approximate surface area is 342 Å². The number of aryl methyl sites for hydroxylation is 5. The Hall–Kier alpha value is -6.46. The number of nitrogens with zero attached hydrogens (tertiary/aromatic N) is 4. The van der Waals surface area contributed by atoms with E-state index in [9.17, 15) is 0 Å². The van der Waals surface area contributed by atoms with Crippen molar-refractivity contribution in [1.29, 1.82) is 0 Å². The van der Waals surface area contributed by atoms with Gasteiger partial charge in [-0.2, -0.15) is 0 Å². The predicted octanol–water partition coefficient (Wildman–Crippen LogP) is 13.1. The lowest BCUT2D eigenvalue weighted by atomic mass is 9.67. The maximum Gasteiger partial charge on any atom is 0.145 e. The zero-order valence-electron chi connectivity index (χ0n) is 34.7. The Morgan fingerprint density at radius 1 is 0.569 bits per heavy atom. The van der Waals surface area contributed by atoms with Crippen molar-refractivity contribution in [3.8, 4) is 17.2 Å².